The van der Waals surface area contributed by atoms with Crippen LogP contribution in [0.5, 0.6) is 0 Å². The molecule has 0 saturated carbocycles. The summed E-state index contributed by atoms with van der Waals surface area (Å²) in [7, 11) is 0. The van der Waals surface area contributed by atoms with Crippen molar-refractivity contribution in [2.45, 2.75) is 19.4 Å². The zero-order chi connectivity index (χ0) is 13.3. The number of carbonyl (C=O) groups excluding carboxylic acids is 1. The maximum atomic E-state index is 12.1. The number of carbonyl (C=O) groups is 1. The van der Waals surface area contributed by atoms with Crippen LogP contribution in [0.1, 0.15) is 13.3 Å². The highest BCUT2D eigenvalue weighted by atomic mass is 79.9. The molecule has 0 spiro atoms. The summed E-state index contributed by atoms with van der Waals surface area (Å²) >= 11 is 6.74. The maximum Gasteiger partial charge on any atom is 0.230 e. The highest BCUT2D eigenvalue weighted by Gasteiger charge is 2.31. The Labute approximate surface area is 123 Å². The van der Waals surface area contributed by atoms with Crippen molar-refractivity contribution in [3.63, 3.8) is 0 Å². The molecule has 1 aromatic rings. The Hall–Kier alpha value is -0.590. The third-order valence-corrected chi connectivity index (χ3v) is 4.13. The van der Waals surface area contributed by atoms with Crippen LogP contribution in [0.4, 0.5) is 11.4 Å². The molecule has 3 N–H and O–H groups in total. The second-order valence-electron chi connectivity index (χ2n) is 4.31. The first-order valence-corrected chi connectivity index (χ1v) is 7.24. The lowest BCUT2D eigenvalue weighted by atomic mass is 10.0. The fraction of sp³-hybridized carbons (Fsp3) is 0.417. The quantitative estimate of drug-likeness (QED) is 0.778. The lowest BCUT2D eigenvalue weighted by molar-refractivity contribution is -0.121. The van der Waals surface area contributed by atoms with Crippen molar-refractivity contribution < 1.29 is 9.53 Å². The number of rotatable bonds is 2. The minimum absolute atomic E-state index is 0.0413. The normalized spacial score (nSPS) is 23.1. The van der Waals surface area contributed by atoms with Gasteiger partial charge in [-0.3, -0.25) is 4.79 Å². The van der Waals surface area contributed by atoms with Crippen molar-refractivity contribution in [2.75, 3.05) is 17.7 Å². The smallest absolute Gasteiger partial charge is 0.230 e. The molecule has 18 heavy (non-hydrogen) atoms. The van der Waals surface area contributed by atoms with Crippen LogP contribution in [-0.2, 0) is 9.53 Å². The number of ether oxygens (including phenoxy) is 1. The number of anilines is 2. The molecule has 1 aliphatic heterocycles. The summed E-state index contributed by atoms with van der Waals surface area (Å²) in [5.41, 5.74) is 7.04. The average Bonchev–Trinajstić information content (AvgIpc) is 2.69. The zero-order valence-corrected chi connectivity index (χ0v) is 13.0. The highest BCUT2D eigenvalue weighted by molar-refractivity contribution is 9.11. The molecule has 0 aliphatic carbocycles. The number of nitrogens with two attached hydrogens (primary N) is 1. The van der Waals surface area contributed by atoms with E-state index in [-0.39, 0.29) is 17.9 Å². The van der Waals surface area contributed by atoms with Gasteiger partial charge < -0.3 is 15.8 Å². The first-order valence-electron chi connectivity index (χ1n) is 5.66. The van der Waals surface area contributed by atoms with E-state index in [0.717, 1.165) is 15.4 Å². The predicted molar refractivity (Wildman–Crippen MR) is 78.4 cm³/mol. The van der Waals surface area contributed by atoms with Gasteiger partial charge in [0.2, 0.25) is 5.91 Å². The summed E-state index contributed by atoms with van der Waals surface area (Å²) in [6.45, 7) is 2.55. The van der Waals surface area contributed by atoms with E-state index in [9.17, 15) is 4.79 Å². The molecule has 1 amide bonds. The minimum atomic E-state index is -0.111. The van der Waals surface area contributed by atoms with Gasteiger partial charge in [0.25, 0.3) is 0 Å². The van der Waals surface area contributed by atoms with Gasteiger partial charge in [-0.1, -0.05) is 15.9 Å². The van der Waals surface area contributed by atoms with E-state index < -0.39 is 0 Å². The van der Waals surface area contributed by atoms with Crippen molar-refractivity contribution in [3.05, 3.63) is 21.1 Å². The lowest BCUT2D eigenvalue weighted by Crippen LogP contribution is -2.28. The second-order valence-corrected chi connectivity index (χ2v) is 6.08. The molecular formula is C12H14Br2N2O2. The Balaban J connectivity index is 2.17. The summed E-state index contributed by atoms with van der Waals surface area (Å²) < 4.78 is 7.01. The van der Waals surface area contributed by atoms with E-state index in [0.29, 0.717) is 18.0 Å². The summed E-state index contributed by atoms with van der Waals surface area (Å²) in [4.78, 5) is 12.1. The summed E-state index contributed by atoms with van der Waals surface area (Å²) in [5.74, 6) is -0.158. The zero-order valence-electron chi connectivity index (χ0n) is 9.87. The van der Waals surface area contributed by atoms with E-state index in [4.69, 9.17) is 10.5 Å². The molecule has 2 rings (SSSR count). The molecule has 2 unspecified atom stereocenters. The van der Waals surface area contributed by atoms with Crippen LogP contribution in [0.15, 0.2) is 21.1 Å². The first kappa shape index (κ1) is 13.8. The first-order chi connectivity index (χ1) is 8.49. The van der Waals surface area contributed by atoms with Gasteiger partial charge in [0.15, 0.2) is 0 Å². The molecule has 1 fully saturated rings. The van der Waals surface area contributed by atoms with Gasteiger partial charge in [0, 0.05) is 15.6 Å². The van der Waals surface area contributed by atoms with Gasteiger partial charge in [-0.05, 0) is 41.4 Å². The number of halogens is 2. The van der Waals surface area contributed by atoms with Crippen LogP contribution >= 0.6 is 31.9 Å². The largest absolute Gasteiger partial charge is 0.397 e. The van der Waals surface area contributed by atoms with Crippen LogP contribution in [0.2, 0.25) is 0 Å². The van der Waals surface area contributed by atoms with E-state index >= 15 is 0 Å². The lowest BCUT2D eigenvalue weighted by Gasteiger charge is -2.16. The molecule has 4 nitrogen and oxygen atoms in total. The third kappa shape index (κ3) is 2.87. The Bertz CT molecular complexity index is 456. The van der Waals surface area contributed by atoms with E-state index in [1.165, 1.54) is 0 Å². The molecule has 2 atom stereocenters. The fourth-order valence-electron chi connectivity index (χ4n) is 2.02. The predicted octanol–water partition coefficient (Wildman–Crippen LogP) is 3.16. The third-order valence-electron chi connectivity index (χ3n) is 3.05. The summed E-state index contributed by atoms with van der Waals surface area (Å²) in [6.07, 6.45) is 0.710. The van der Waals surface area contributed by atoms with Gasteiger partial charge >= 0.3 is 0 Å². The van der Waals surface area contributed by atoms with Gasteiger partial charge in [0.05, 0.1) is 23.4 Å². The van der Waals surface area contributed by atoms with Crippen LogP contribution in [0.25, 0.3) is 0 Å². The molecule has 0 bridgehead atoms. The summed E-state index contributed by atoms with van der Waals surface area (Å²) in [5, 5.41) is 2.87. The molecule has 6 heteroatoms. The summed E-state index contributed by atoms with van der Waals surface area (Å²) in [6, 6.07) is 3.61. The SMILES string of the molecule is CC1OCCC1C(=O)Nc1c(N)cc(Br)cc1Br. The van der Waals surface area contributed by atoms with Crippen molar-refractivity contribution in [2.24, 2.45) is 5.92 Å². The van der Waals surface area contributed by atoms with Gasteiger partial charge in [-0.2, -0.15) is 0 Å². The Morgan fingerprint density at radius 2 is 2.22 bits per heavy atom. The standard InChI is InChI=1S/C12H14Br2N2O2/c1-6-8(2-3-18-6)12(17)16-11-9(14)4-7(13)5-10(11)15/h4-6,8H,2-3,15H2,1H3,(H,16,17). The van der Waals surface area contributed by atoms with E-state index in [1.807, 2.05) is 13.0 Å². The van der Waals surface area contributed by atoms with Crippen molar-refractivity contribution in [1.29, 1.82) is 0 Å². The van der Waals surface area contributed by atoms with Crippen molar-refractivity contribution >= 4 is 49.1 Å². The molecule has 98 valence electrons. The molecule has 1 aliphatic rings. The van der Waals surface area contributed by atoms with Crippen molar-refractivity contribution in [1.82, 2.24) is 0 Å². The van der Waals surface area contributed by atoms with Crippen LogP contribution in [0.3, 0.4) is 0 Å². The van der Waals surface area contributed by atoms with E-state index in [1.54, 1.807) is 6.07 Å². The Morgan fingerprint density at radius 1 is 1.50 bits per heavy atom. The maximum absolute atomic E-state index is 12.1. The molecule has 1 saturated heterocycles. The number of nitrogen functional groups attached to an aromatic ring is 1. The molecule has 1 heterocycles. The van der Waals surface area contributed by atoms with Crippen molar-refractivity contribution in [3.8, 4) is 0 Å². The average molecular weight is 378 g/mol. The topological polar surface area (TPSA) is 64.3 Å². The number of nitrogens with one attached hydrogen (secondary N) is 1. The van der Waals surface area contributed by atoms with Gasteiger partial charge in [-0.15, -0.1) is 0 Å². The fourth-order valence-corrected chi connectivity index (χ4v) is 3.37. The van der Waals surface area contributed by atoms with Gasteiger partial charge in [-0.25, -0.2) is 0 Å². The number of amides is 1. The minimum Gasteiger partial charge on any atom is -0.397 e. The number of hydrogen-bond acceptors (Lipinski definition) is 3. The Kier molecular flexibility index (Phi) is 4.29. The van der Waals surface area contributed by atoms with Crippen LogP contribution in [-0.4, -0.2) is 18.6 Å². The van der Waals surface area contributed by atoms with Gasteiger partial charge in [0.1, 0.15) is 0 Å². The molecular weight excluding hydrogens is 364 g/mol. The molecule has 0 radical (unpaired) electrons. The van der Waals surface area contributed by atoms with Crippen LogP contribution in [0, 0.1) is 5.92 Å². The number of benzene rings is 1. The number of hydrogen-bond donors (Lipinski definition) is 2. The Morgan fingerprint density at radius 3 is 2.78 bits per heavy atom. The monoisotopic (exact) mass is 376 g/mol. The highest BCUT2D eigenvalue weighted by Crippen LogP contribution is 2.33. The second kappa shape index (κ2) is 5.59. The molecule has 1 aromatic carbocycles. The van der Waals surface area contributed by atoms with E-state index in [2.05, 4.69) is 37.2 Å². The molecule has 0 aromatic heterocycles. The van der Waals surface area contributed by atoms with Crippen LogP contribution < -0.4 is 11.1 Å².